The Hall–Kier alpha value is -2.88. The van der Waals surface area contributed by atoms with Crippen LogP contribution in [0.3, 0.4) is 0 Å². The van der Waals surface area contributed by atoms with Gasteiger partial charge in [-0.05, 0) is 24.6 Å². The van der Waals surface area contributed by atoms with Crippen LogP contribution >= 0.6 is 0 Å². The summed E-state index contributed by atoms with van der Waals surface area (Å²) in [5, 5.41) is 0. The van der Waals surface area contributed by atoms with E-state index in [0.717, 1.165) is 22.6 Å². The first-order chi connectivity index (χ1) is 11.2. The second-order valence-electron chi connectivity index (χ2n) is 5.18. The van der Waals surface area contributed by atoms with Crippen LogP contribution in [0.5, 0.6) is 11.6 Å². The molecule has 23 heavy (non-hydrogen) atoms. The van der Waals surface area contributed by atoms with Crippen LogP contribution in [0.2, 0.25) is 0 Å². The van der Waals surface area contributed by atoms with E-state index in [0.29, 0.717) is 18.3 Å². The number of methoxy groups -OCH3 is 1. The molecule has 0 aliphatic carbocycles. The summed E-state index contributed by atoms with van der Waals surface area (Å²) in [5.74, 6) is 2.06. The van der Waals surface area contributed by atoms with Crippen molar-refractivity contribution in [2.75, 3.05) is 7.11 Å². The van der Waals surface area contributed by atoms with Gasteiger partial charge in [0.25, 0.3) is 0 Å². The topological polar surface area (TPSA) is 44.2 Å². The Bertz CT molecular complexity index is 788. The zero-order chi connectivity index (χ0) is 16.1. The fourth-order valence-corrected chi connectivity index (χ4v) is 2.25. The lowest BCUT2D eigenvalue weighted by molar-refractivity contribution is 0.292. The summed E-state index contributed by atoms with van der Waals surface area (Å²) in [6.45, 7) is 2.37. The quantitative estimate of drug-likeness (QED) is 0.713. The average Bonchev–Trinajstić information content (AvgIpc) is 2.60. The molecule has 0 saturated carbocycles. The summed E-state index contributed by atoms with van der Waals surface area (Å²) < 4.78 is 11.0. The van der Waals surface area contributed by atoms with Gasteiger partial charge in [0.2, 0.25) is 5.88 Å². The van der Waals surface area contributed by atoms with Gasteiger partial charge in [-0.1, -0.05) is 42.5 Å². The van der Waals surface area contributed by atoms with Gasteiger partial charge in [0, 0.05) is 17.3 Å². The highest BCUT2D eigenvalue weighted by Gasteiger charge is 2.06. The van der Waals surface area contributed by atoms with Crippen LogP contribution in [0.25, 0.3) is 11.4 Å². The zero-order valence-corrected chi connectivity index (χ0v) is 13.2. The van der Waals surface area contributed by atoms with Gasteiger partial charge in [-0.2, -0.15) is 4.98 Å². The summed E-state index contributed by atoms with van der Waals surface area (Å²) in [5.41, 5.74) is 2.88. The molecule has 0 fully saturated rings. The molecule has 116 valence electrons. The van der Waals surface area contributed by atoms with Crippen molar-refractivity contribution in [2.24, 2.45) is 0 Å². The van der Waals surface area contributed by atoms with Crippen LogP contribution in [0, 0.1) is 6.92 Å². The van der Waals surface area contributed by atoms with E-state index >= 15 is 0 Å². The minimum Gasteiger partial charge on any atom is -0.497 e. The summed E-state index contributed by atoms with van der Waals surface area (Å²) in [4.78, 5) is 8.97. The van der Waals surface area contributed by atoms with Crippen molar-refractivity contribution in [1.82, 2.24) is 9.97 Å². The Balaban J connectivity index is 1.79. The van der Waals surface area contributed by atoms with Gasteiger partial charge in [-0.3, -0.25) is 0 Å². The van der Waals surface area contributed by atoms with Crippen LogP contribution in [0.4, 0.5) is 0 Å². The predicted octanol–water partition coefficient (Wildman–Crippen LogP) is 4.04. The average molecular weight is 306 g/mol. The molecular weight excluding hydrogens is 288 g/mol. The van der Waals surface area contributed by atoms with E-state index in [1.807, 2.05) is 67.6 Å². The van der Waals surface area contributed by atoms with Gasteiger partial charge in [-0.25, -0.2) is 4.98 Å². The fourth-order valence-electron chi connectivity index (χ4n) is 2.25. The first-order valence-electron chi connectivity index (χ1n) is 7.41. The molecule has 0 bridgehead atoms. The van der Waals surface area contributed by atoms with E-state index in [2.05, 4.69) is 9.97 Å². The standard InChI is InChI=1S/C19H18N2O2/c1-14-11-18(21-19(20-14)16-8-4-3-5-9-16)23-13-15-7-6-10-17(12-15)22-2/h3-12H,13H2,1-2H3. The molecule has 0 saturated heterocycles. The lowest BCUT2D eigenvalue weighted by Gasteiger charge is -2.09. The van der Waals surface area contributed by atoms with Crippen LogP contribution in [-0.2, 0) is 6.61 Å². The summed E-state index contributed by atoms with van der Waals surface area (Å²) >= 11 is 0. The van der Waals surface area contributed by atoms with E-state index < -0.39 is 0 Å². The molecule has 0 N–H and O–H groups in total. The monoisotopic (exact) mass is 306 g/mol. The number of benzene rings is 2. The highest BCUT2D eigenvalue weighted by atomic mass is 16.5. The number of ether oxygens (including phenoxy) is 2. The molecule has 0 atom stereocenters. The summed E-state index contributed by atoms with van der Waals surface area (Å²) in [6, 6.07) is 19.5. The Labute approximate surface area is 135 Å². The van der Waals surface area contributed by atoms with Gasteiger partial charge in [0.1, 0.15) is 12.4 Å². The molecule has 2 aromatic carbocycles. The minimum atomic E-state index is 0.432. The van der Waals surface area contributed by atoms with Crippen molar-refractivity contribution in [2.45, 2.75) is 13.5 Å². The lowest BCUT2D eigenvalue weighted by atomic mass is 10.2. The Kier molecular flexibility index (Phi) is 4.52. The van der Waals surface area contributed by atoms with Gasteiger partial charge in [0.05, 0.1) is 7.11 Å². The maximum Gasteiger partial charge on any atom is 0.217 e. The van der Waals surface area contributed by atoms with Crippen molar-refractivity contribution in [3.8, 4) is 23.0 Å². The van der Waals surface area contributed by atoms with Crippen molar-refractivity contribution in [3.63, 3.8) is 0 Å². The molecule has 0 radical (unpaired) electrons. The second kappa shape index (κ2) is 6.92. The molecular formula is C19H18N2O2. The molecule has 3 rings (SSSR count). The van der Waals surface area contributed by atoms with E-state index in [4.69, 9.17) is 9.47 Å². The SMILES string of the molecule is COc1cccc(COc2cc(C)nc(-c3ccccc3)n2)c1. The largest absolute Gasteiger partial charge is 0.497 e. The van der Waals surface area contributed by atoms with Crippen molar-refractivity contribution >= 4 is 0 Å². The number of aromatic nitrogens is 2. The second-order valence-corrected chi connectivity index (χ2v) is 5.18. The summed E-state index contributed by atoms with van der Waals surface area (Å²) in [6.07, 6.45) is 0. The zero-order valence-electron chi connectivity index (χ0n) is 13.2. The molecule has 4 heteroatoms. The Morgan fingerprint density at radius 2 is 1.74 bits per heavy atom. The van der Waals surface area contributed by atoms with E-state index in [-0.39, 0.29) is 0 Å². The predicted molar refractivity (Wildman–Crippen MR) is 89.5 cm³/mol. The van der Waals surface area contributed by atoms with Crippen LogP contribution in [-0.4, -0.2) is 17.1 Å². The summed E-state index contributed by atoms with van der Waals surface area (Å²) in [7, 11) is 1.65. The third kappa shape index (κ3) is 3.86. The van der Waals surface area contributed by atoms with Gasteiger partial charge in [-0.15, -0.1) is 0 Å². The first kappa shape index (κ1) is 15.0. The van der Waals surface area contributed by atoms with E-state index in [9.17, 15) is 0 Å². The maximum absolute atomic E-state index is 5.83. The third-order valence-electron chi connectivity index (χ3n) is 3.38. The molecule has 0 aliphatic heterocycles. The van der Waals surface area contributed by atoms with Crippen molar-refractivity contribution in [3.05, 3.63) is 71.9 Å². The molecule has 4 nitrogen and oxygen atoms in total. The molecule has 0 aliphatic rings. The normalized spacial score (nSPS) is 10.3. The minimum absolute atomic E-state index is 0.432. The van der Waals surface area contributed by atoms with E-state index in [1.54, 1.807) is 7.11 Å². The first-order valence-corrected chi connectivity index (χ1v) is 7.41. The van der Waals surface area contributed by atoms with Gasteiger partial charge >= 0.3 is 0 Å². The highest BCUT2D eigenvalue weighted by Crippen LogP contribution is 2.20. The number of rotatable bonds is 5. The molecule has 3 aromatic rings. The smallest absolute Gasteiger partial charge is 0.217 e. The van der Waals surface area contributed by atoms with Crippen LogP contribution in [0.15, 0.2) is 60.7 Å². The number of aryl methyl sites for hydroxylation is 1. The number of hydrogen-bond acceptors (Lipinski definition) is 4. The Morgan fingerprint density at radius 1 is 0.913 bits per heavy atom. The van der Waals surface area contributed by atoms with Crippen LogP contribution < -0.4 is 9.47 Å². The van der Waals surface area contributed by atoms with Crippen LogP contribution in [0.1, 0.15) is 11.3 Å². The molecule has 0 unspecified atom stereocenters. The highest BCUT2D eigenvalue weighted by molar-refractivity contribution is 5.55. The Morgan fingerprint density at radius 3 is 2.52 bits per heavy atom. The van der Waals surface area contributed by atoms with Gasteiger partial charge < -0.3 is 9.47 Å². The molecule has 1 aromatic heterocycles. The van der Waals surface area contributed by atoms with Crippen molar-refractivity contribution in [1.29, 1.82) is 0 Å². The number of hydrogen-bond donors (Lipinski definition) is 0. The van der Waals surface area contributed by atoms with Gasteiger partial charge in [0.15, 0.2) is 5.82 Å². The number of nitrogens with zero attached hydrogens (tertiary/aromatic N) is 2. The fraction of sp³-hybridized carbons (Fsp3) is 0.158. The molecule has 1 heterocycles. The van der Waals surface area contributed by atoms with Crippen molar-refractivity contribution < 1.29 is 9.47 Å². The lowest BCUT2D eigenvalue weighted by Crippen LogP contribution is -2.01. The maximum atomic E-state index is 5.83. The molecule has 0 spiro atoms. The molecule has 0 amide bonds. The third-order valence-corrected chi connectivity index (χ3v) is 3.38. The van der Waals surface area contributed by atoms with E-state index in [1.165, 1.54) is 0 Å².